The lowest BCUT2D eigenvalue weighted by molar-refractivity contribution is 0.247. The molecule has 0 saturated carbocycles. The normalized spacial score (nSPS) is 25.1. The van der Waals surface area contributed by atoms with Gasteiger partial charge in [-0.1, -0.05) is 75.2 Å². The van der Waals surface area contributed by atoms with E-state index in [0.29, 0.717) is 4.90 Å². The zero-order valence-electron chi connectivity index (χ0n) is 15.2. The van der Waals surface area contributed by atoms with E-state index in [2.05, 4.69) is 38.1 Å². The third-order valence-electron chi connectivity index (χ3n) is 5.78. The average molecular weight is 357 g/mol. The molecule has 1 heterocycles. The van der Waals surface area contributed by atoms with Gasteiger partial charge in [0.1, 0.15) is 0 Å². The van der Waals surface area contributed by atoms with Crippen LogP contribution < -0.4 is 0 Å². The monoisotopic (exact) mass is 356 g/mol. The van der Waals surface area contributed by atoms with Crippen molar-refractivity contribution in [3.05, 3.63) is 65.7 Å². The first kappa shape index (κ1) is 18.2. The van der Waals surface area contributed by atoms with E-state index >= 15 is 0 Å². The summed E-state index contributed by atoms with van der Waals surface area (Å²) in [6.45, 7) is 4.33. The second kappa shape index (κ2) is 7.33. The summed E-state index contributed by atoms with van der Waals surface area (Å²) in [7, 11) is -3.27. The Bertz CT molecular complexity index is 811. The van der Waals surface area contributed by atoms with Crippen molar-refractivity contribution in [1.82, 2.24) is 0 Å². The zero-order valence-corrected chi connectivity index (χ0v) is 16.1. The number of rotatable bonds is 5. The Kier molecular flexibility index (Phi) is 5.33. The van der Waals surface area contributed by atoms with Gasteiger partial charge < -0.3 is 0 Å². The number of unbranched alkanes of at least 4 members (excludes halogenated alkanes) is 1. The van der Waals surface area contributed by atoms with Crippen LogP contribution in [0.5, 0.6) is 0 Å². The molecule has 25 heavy (non-hydrogen) atoms. The maximum absolute atomic E-state index is 13.2. The highest BCUT2D eigenvalue weighted by Gasteiger charge is 2.41. The molecular weight excluding hydrogens is 328 g/mol. The van der Waals surface area contributed by atoms with E-state index in [1.807, 2.05) is 24.3 Å². The molecule has 0 aliphatic carbocycles. The first-order valence-corrected chi connectivity index (χ1v) is 11.0. The largest absolute Gasteiger partial charge is 0.224 e. The molecule has 2 aromatic carbocycles. The van der Waals surface area contributed by atoms with Crippen LogP contribution in [0, 0.1) is 5.41 Å². The molecule has 2 aromatic rings. The van der Waals surface area contributed by atoms with Crippen molar-refractivity contribution in [2.24, 2.45) is 5.41 Å². The van der Waals surface area contributed by atoms with Gasteiger partial charge in [0.15, 0.2) is 9.84 Å². The quantitative estimate of drug-likeness (QED) is 0.700. The predicted molar refractivity (Wildman–Crippen MR) is 104 cm³/mol. The summed E-state index contributed by atoms with van der Waals surface area (Å²) < 4.78 is 26.4. The summed E-state index contributed by atoms with van der Waals surface area (Å²) in [5.41, 5.74) is 2.05. The highest BCUT2D eigenvalue weighted by atomic mass is 32.2. The van der Waals surface area contributed by atoms with Crippen molar-refractivity contribution in [3.8, 4) is 0 Å². The van der Waals surface area contributed by atoms with Crippen LogP contribution in [0.25, 0.3) is 0 Å². The van der Waals surface area contributed by atoms with Crippen LogP contribution in [0.3, 0.4) is 0 Å². The average Bonchev–Trinajstić information content (AvgIpc) is 2.74. The third kappa shape index (κ3) is 3.67. The molecule has 2 nitrogen and oxygen atoms in total. The fraction of sp³-hybridized carbons (Fsp3) is 0.455. The Labute approximate surface area is 152 Å². The minimum atomic E-state index is -3.27. The molecule has 0 radical (unpaired) electrons. The van der Waals surface area contributed by atoms with Crippen molar-refractivity contribution in [2.45, 2.75) is 56.8 Å². The van der Waals surface area contributed by atoms with Gasteiger partial charge in [0.25, 0.3) is 0 Å². The molecule has 0 bridgehead atoms. The van der Waals surface area contributed by atoms with E-state index in [0.717, 1.165) is 37.7 Å². The highest BCUT2D eigenvalue weighted by molar-refractivity contribution is 7.91. The van der Waals surface area contributed by atoms with Gasteiger partial charge in [-0.15, -0.1) is 0 Å². The van der Waals surface area contributed by atoms with Crippen LogP contribution in [0.4, 0.5) is 0 Å². The summed E-state index contributed by atoms with van der Waals surface area (Å²) in [6, 6.07) is 18.0. The lowest BCUT2D eigenvalue weighted by atomic mass is 9.71. The Balaban J connectivity index is 2.17. The summed E-state index contributed by atoms with van der Waals surface area (Å²) in [5.74, 6) is 0.420. The van der Waals surface area contributed by atoms with Crippen molar-refractivity contribution in [1.29, 1.82) is 0 Å². The Morgan fingerprint density at radius 3 is 2.36 bits per heavy atom. The third-order valence-corrected chi connectivity index (χ3v) is 7.81. The van der Waals surface area contributed by atoms with Crippen LogP contribution in [-0.4, -0.2) is 14.2 Å². The molecule has 0 aromatic heterocycles. The fourth-order valence-corrected chi connectivity index (χ4v) is 6.55. The number of benzene rings is 2. The minimum absolute atomic E-state index is 0.144. The number of fused-ring (bicyclic) bond motifs is 1. The van der Waals surface area contributed by atoms with Gasteiger partial charge >= 0.3 is 0 Å². The summed E-state index contributed by atoms with van der Waals surface area (Å²) in [5, 5.41) is 0. The standard InChI is InChI=1S/C22H28O2S/c1-3-5-15-22(4-2)16-20(18-11-7-6-8-12-18)19-13-9-10-14-21(19)25(23,24)17-22/h6-14,20H,3-5,15-17H2,1-2H3. The summed E-state index contributed by atoms with van der Waals surface area (Å²) in [6.07, 6.45) is 4.98. The second-order valence-electron chi connectivity index (χ2n) is 7.42. The van der Waals surface area contributed by atoms with E-state index in [1.165, 1.54) is 5.56 Å². The molecule has 3 rings (SSSR count). The molecule has 0 amide bonds. The molecular formula is C22H28O2S. The molecule has 1 aliphatic heterocycles. The first-order chi connectivity index (χ1) is 12.0. The Morgan fingerprint density at radius 2 is 1.68 bits per heavy atom. The van der Waals surface area contributed by atoms with Gasteiger partial charge in [0.2, 0.25) is 0 Å². The van der Waals surface area contributed by atoms with Crippen LogP contribution in [0.2, 0.25) is 0 Å². The van der Waals surface area contributed by atoms with E-state index in [4.69, 9.17) is 0 Å². The number of hydrogen-bond acceptors (Lipinski definition) is 2. The summed E-state index contributed by atoms with van der Waals surface area (Å²) >= 11 is 0. The van der Waals surface area contributed by atoms with Crippen molar-refractivity contribution < 1.29 is 8.42 Å². The lowest BCUT2D eigenvalue weighted by Gasteiger charge is -2.34. The van der Waals surface area contributed by atoms with E-state index < -0.39 is 9.84 Å². The van der Waals surface area contributed by atoms with Crippen LogP contribution in [0.15, 0.2) is 59.5 Å². The van der Waals surface area contributed by atoms with E-state index in [-0.39, 0.29) is 17.1 Å². The van der Waals surface area contributed by atoms with Gasteiger partial charge in [-0.3, -0.25) is 0 Å². The van der Waals surface area contributed by atoms with Gasteiger partial charge in [-0.2, -0.15) is 0 Å². The molecule has 0 saturated heterocycles. The molecule has 0 spiro atoms. The smallest absolute Gasteiger partial charge is 0.179 e. The Hall–Kier alpha value is -1.61. The number of hydrogen-bond donors (Lipinski definition) is 0. The predicted octanol–water partition coefficient (Wildman–Crippen LogP) is 5.58. The zero-order chi connectivity index (χ0) is 17.9. The lowest BCUT2D eigenvalue weighted by Crippen LogP contribution is -2.29. The minimum Gasteiger partial charge on any atom is -0.224 e. The molecule has 2 unspecified atom stereocenters. The molecule has 2 atom stereocenters. The maximum Gasteiger partial charge on any atom is 0.179 e. The molecule has 1 aliphatic rings. The highest BCUT2D eigenvalue weighted by Crippen LogP contribution is 2.48. The van der Waals surface area contributed by atoms with Crippen molar-refractivity contribution in [3.63, 3.8) is 0 Å². The molecule has 134 valence electrons. The maximum atomic E-state index is 13.2. The molecule has 3 heteroatoms. The molecule has 0 N–H and O–H groups in total. The topological polar surface area (TPSA) is 34.1 Å². The second-order valence-corrected chi connectivity index (χ2v) is 9.38. The fourth-order valence-electron chi connectivity index (χ4n) is 4.27. The summed E-state index contributed by atoms with van der Waals surface area (Å²) in [4.78, 5) is 0.538. The Morgan fingerprint density at radius 1 is 1.00 bits per heavy atom. The SMILES string of the molecule is CCCCC1(CC)CC(c2ccccc2)c2ccccc2S(=O)(=O)C1. The van der Waals surface area contributed by atoms with Crippen LogP contribution >= 0.6 is 0 Å². The van der Waals surface area contributed by atoms with E-state index in [9.17, 15) is 8.42 Å². The van der Waals surface area contributed by atoms with Gasteiger partial charge in [0.05, 0.1) is 10.6 Å². The first-order valence-electron chi connectivity index (χ1n) is 9.38. The van der Waals surface area contributed by atoms with Gasteiger partial charge in [-0.05, 0) is 41.9 Å². The van der Waals surface area contributed by atoms with E-state index in [1.54, 1.807) is 6.07 Å². The van der Waals surface area contributed by atoms with Crippen LogP contribution in [-0.2, 0) is 9.84 Å². The van der Waals surface area contributed by atoms with Crippen molar-refractivity contribution in [2.75, 3.05) is 5.75 Å². The van der Waals surface area contributed by atoms with Gasteiger partial charge in [-0.25, -0.2) is 8.42 Å². The molecule has 0 fully saturated rings. The van der Waals surface area contributed by atoms with Gasteiger partial charge in [0, 0.05) is 5.92 Å². The van der Waals surface area contributed by atoms with Crippen molar-refractivity contribution >= 4 is 9.84 Å². The number of sulfone groups is 1. The van der Waals surface area contributed by atoms with Crippen LogP contribution in [0.1, 0.15) is 63.0 Å².